The number of carbonyl (C=O) groups excluding carboxylic acids is 1. The van der Waals surface area contributed by atoms with Crippen molar-refractivity contribution in [3.05, 3.63) is 32.9 Å². The van der Waals surface area contributed by atoms with Gasteiger partial charge in [0.05, 0.1) is 3.79 Å². The van der Waals surface area contributed by atoms with E-state index in [4.69, 9.17) is 0 Å². The molecule has 1 heterocycles. The highest BCUT2D eigenvalue weighted by molar-refractivity contribution is 9.11. The molecule has 2 rings (SSSR count). The standard InChI is InChI=1S/C12H14BrNOS/c13-11-6-9(8-16-11)7-14-12(15)10-4-2-1-3-5-10/h1-2,6,8,10H,3-5,7H2,(H,14,15)/t10-/m1/s1. The molecule has 1 aromatic rings. The number of nitrogens with one attached hydrogen (secondary N) is 1. The summed E-state index contributed by atoms with van der Waals surface area (Å²) in [5, 5.41) is 5.06. The van der Waals surface area contributed by atoms with Gasteiger partial charge in [0.2, 0.25) is 5.91 Å². The van der Waals surface area contributed by atoms with Gasteiger partial charge in [0, 0.05) is 12.5 Å². The Morgan fingerprint density at radius 1 is 1.56 bits per heavy atom. The van der Waals surface area contributed by atoms with Crippen LogP contribution in [0.15, 0.2) is 27.4 Å². The summed E-state index contributed by atoms with van der Waals surface area (Å²) < 4.78 is 1.11. The minimum atomic E-state index is 0.173. The number of thiophene rings is 1. The first-order valence-corrected chi connectivity index (χ1v) is 7.08. The van der Waals surface area contributed by atoms with Crippen LogP contribution in [0.25, 0.3) is 0 Å². The fraction of sp³-hybridized carbons (Fsp3) is 0.417. The Hall–Kier alpha value is -0.610. The number of halogens is 1. The van der Waals surface area contributed by atoms with Gasteiger partial charge < -0.3 is 5.32 Å². The predicted molar refractivity (Wildman–Crippen MR) is 70.3 cm³/mol. The van der Waals surface area contributed by atoms with Crippen LogP contribution in [0.1, 0.15) is 24.8 Å². The number of carbonyl (C=O) groups is 1. The number of amides is 1. The zero-order chi connectivity index (χ0) is 11.4. The van der Waals surface area contributed by atoms with Crippen LogP contribution in [0.4, 0.5) is 0 Å². The Bertz CT molecular complexity index is 399. The first-order chi connectivity index (χ1) is 7.75. The van der Waals surface area contributed by atoms with Crippen LogP contribution in [0.2, 0.25) is 0 Å². The van der Waals surface area contributed by atoms with Gasteiger partial charge in [0.25, 0.3) is 0 Å². The summed E-state index contributed by atoms with van der Waals surface area (Å²) in [7, 11) is 0. The molecule has 1 amide bonds. The normalized spacial score (nSPS) is 19.7. The van der Waals surface area contributed by atoms with Crippen LogP contribution < -0.4 is 5.32 Å². The lowest BCUT2D eigenvalue weighted by atomic mass is 9.94. The average molecular weight is 300 g/mol. The van der Waals surface area contributed by atoms with Crippen molar-refractivity contribution < 1.29 is 4.79 Å². The largest absolute Gasteiger partial charge is 0.352 e. The van der Waals surface area contributed by atoms with Gasteiger partial charge in [0.1, 0.15) is 0 Å². The second-order valence-corrected chi connectivity index (χ2v) is 6.25. The molecule has 0 spiro atoms. The van der Waals surface area contributed by atoms with Crippen LogP contribution in [0.3, 0.4) is 0 Å². The van der Waals surface area contributed by atoms with Crippen LogP contribution >= 0.6 is 27.3 Å². The molecule has 0 aliphatic heterocycles. The van der Waals surface area contributed by atoms with Gasteiger partial charge in [-0.1, -0.05) is 12.2 Å². The molecular weight excluding hydrogens is 286 g/mol. The zero-order valence-electron chi connectivity index (χ0n) is 8.91. The van der Waals surface area contributed by atoms with Gasteiger partial charge in [-0.05, 0) is 52.2 Å². The van der Waals surface area contributed by atoms with Crippen molar-refractivity contribution in [2.45, 2.75) is 25.8 Å². The van der Waals surface area contributed by atoms with Crippen molar-refractivity contribution in [1.82, 2.24) is 5.32 Å². The van der Waals surface area contributed by atoms with E-state index < -0.39 is 0 Å². The molecule has 0 unspecified atom stereocenters. The molecule has 0 fully saturated rings. The first-order valence-electron chi connectivity index (χ1n) is 5.41. The molecule has 1 aromatic heterocycles. The summed E-state index contributed by atoms with van der Waals surface area (Å²) in [4.78, 5) is 11.8. The highest BCUT2D eigenvalue weighted by Gasteiger charge is 2.18. The molecule has 1 aliphatic rings. The fourth-order valence-corrected chi connectivity index (χ4v) is 3.01. The van der Waals surface area contributed by atoms with E-state index in [2.05, 4.69) is 38.8 Å². The third-order valence-corrected chi connectivity index (χ3v) is 4.28. The third-order valence-electron chi connectivity index (χ3n) is 2.73. The van der Waals surface area contributed by atoms with Crippen LogP contribution in [0, 0.1) is 5.92 Å². The Morgan fingerprint density at radius 3 is 3.06 bits per heavy atom. The van der Waals surface area contributed by atoms with Crippen LogP contribution in [-0.2, 0) is 11.3 Å². The van der Waals surface area contributed by atoms with E-state index >= 15 is 0 Å². The van der Waals surface area contributed by atoms with Gasteiger partial charge in [-0.3, -0.25) is 4.79 Å². The van der Waals surface area contributed by atoms with Crippen LogP contribution in [-0.4, -0.2) is 5.91 Å². The van der Waals surface area contributed by atoms with Crippen LogP contribution in [0.5, 0.6) is 0 Å². The molecule has 1 atom stereocenters. The van der Waals surface area contributed by atoms with Crippen molar-refractivity contribution >= 4 is 33.2 Å². The first kappa shape index (κ1) is 11.9. The lowest BCUT2D eigenvalue weighted by Gasteiger charge is -2.16. The van der Waals surface area contributed by atoms with E-state index in [1.165, 1.54) is 0 Å². The molecule has 0 saturated carbocycles. The van der Waals surface area contributed by atoms with Crippen molar-refractivity contribution in [2.75, 3.05) is 0 Å². The van der Waals surface area contributed by atoms with Crippen molar-refractivity contribution in [3.63, 3.8) is 0 Å². The van der Waals surface area contributed by atoms with Crippen molar-refractivity contribution in [1.29, 1.82) is 0 Å². The van der Waals surface area contributed by atoms with E-state index in [-0.39, 0.29) is 11.8 Å². The molecule has 86 valence electrons. The summed E-state index contributed by atoms with van der Waals surface area (Å²) in [5.41, 5.74) is 1.16. The third kappa shape index (κ3) is 3.19. The van der Waals surface area contributed by atoms with E-state index in [1.54, 1.807) is 11.3 Å². The van der Waals surface area contributed by atoms with Gasteiger partial charge in [-0.2, -0.15) is 0 Å². The summed E-state index contributed by atoms with van der Waals surface area (Å²) >= 11 is 5.06. The monoisotopic (exact) mass is 299 g/mol. The molecule has 1 N–H and O–H groups in total. The quantitative estimate of drug-likeness (QED) is 0.851. The van der Waals surface area contributed by atoms with Gasteiger partial charge >= 0.3 is 0 Å². The molecule has 4 heteroatoms. The molecule has 1 aliphatic carbocycles. The second kappa shape index (κ2) is 5.64. The van der Waals surface area contributed by atoms with E-state index in [1.807, 2.05) is 6.07 Å². The summed E-state index contributed by atoms with van der Waals surface area (Å²) in [5.74, 6) is 0.360. The Labute approximate surface area is 108 Å². The number of allylic oxidation sites excluding steroid dienone is 2. The number of hydrogen-bond acceptors (Lipinski definition) is 2. The van der Waals surface area contributed by atoms with Gasteiger partial charge in [0.15, 0.2) is 0 Å². The highest BCUT2D eigenvalue weighted by atomic mass is 79.9. The number of rotatable bonds is 3. The topological polar surface area (TPSA) is 29.1 Å². The minimum absolute atomic E-state index is 0.173. The van der Waals surface area contributed by atoms with Gasteiger partial charge in [-0.25, -0.2) is 0 Å². The summed E-state index contributed by atoms with van der Waals surface area (Å²) in [6, 6.07) is 2.05. The lowest BCUT2D eigenvalue weighted by molar-refractivity contribution is -0.125. The molecular formula is C12H14BrNOS. The smallest absolute Gasteiger partial charge is 0.223 e. The Kier molecular flexibility index (Phi) is 4.18. The summed E-state index contributed by atoms with van der Waals surface area (Å²) in [6.45, 7) is 0.640. The van der Waals surface area contributed by atoms with Crippen molar-refractivity contribution in [3.8, 4) is 0 Å². The molecule has 16 heavy (non-hydrogen) atoms. The average Bonchev–Trinajstić information content (AvgIpc) is 2.73. The maximum Gasteiger partial charge on any atom is 0.223 e. The molecule has 0 radical (unpaired) electrons. The fourth-order valence-electron chi connectivity index (χ4n) is 1.80. The van der Waals surface area contributed by atoms with E-state index in [0.717, 1.165) is 28.6 Å². The minimum Gasteiger partial charge on any atom is -0.352 e. The van der Waals surface area contributed by atoms with Gasteiger partial charge in [-0.15, -0.1) is 11.3 Å². The SMILES string of the molecule is O=C(NCc1csc(Br)c1)[C@@H]1CC=CCC1. The van der Waals surface area contributed by atoms with E-state index in [0.29, 0.717) is 6.54 Å². The zero-order valence-corrected chi connectivity index (χ0v) is 11.3. The predicted octanol–water partition coefficient (Wildman–Crippen LogP) is 3.48. The van der Waals surface area contributed by atoms with Crippen molar-refractivity contribution in [2.24, 2.45) is 5.92 Å². The maximum absolute atomic E-state index is 11.8. The highest BCUT2D eigenvalue weighted by Crippen LogP contribution is 2.21. The van der Waals surface area contributed by atoms with E-state index in [9.17, 15) is 4.79 Å². The summed E-state index contributed by atoms with van der Waals surface area (Å²) in [6.07, 6.45) is 7.16. The molecule has 0 bridgehead atoms. The molecule has 2 nitrogen and oxygen atoms in total. The Balaban J connectivity index is 1.81. The maximum atomic E-state index is 11.8. The molecule has 0 aromatic carbocycles. The second-order valence-electron chi connectivity index (χ2n) is 3.96. The lowest BCUT2D eigenvalue weighted by Crippen LogP contribution is -2.30. The number of hydrogen-bond donors (Lipinski definition) is 1. The Morgan fingerprint density at radius 2 is 2.44 bits per heavy atom. The molecule has 0 saturated heterocycles.